The van der Waals surface area contributed by atoms with Gasteiger partial charge in [-0.05, 0) is 38.3 Å². The van der Waals surface area contributed by atoms with Crippen molar-refractivity contribution in [2.75, 3.05) is 29.9 Å². The van der Waals surface area contributed by atoms with Crippen molar-refractivity contribution in [1.29, 1.82) is 0 Å². The lowest BCUT2D eigenvalue weighted by Gasteiger charge is -2.32. The average molecular weight is 277 g/mol. The number of pyridine rings is 1. The SMILES string of the molecule is CC1OCCC1Nc1cccnc1N1CCC(O)CC1. The van der Waals surface area contributed by atoms with Gasteiger partial charge in [0, 0.05) is 25.9 Å². The van der Waals surface area contributed by atoms with Gasteiger partial charge in [0.1, 0.15) is 0 Å². The van der Waals surface area contributed by atoms with E-state index in [9.17, 15) is 5.11 Å². The number of ether oxygens (including phenoxy) is 1. The lowest BCUT2D eigenvalue weighted by atomic mass is 10.1. The fourth-order valence-electron chi connectivity index (χ4n) is 2.96. The molecule has 2 fully saturated rings. The van der Waals surface area contributed by atoms with E-state index in [4.69, 9.17) is 4.74 Å². The Labute approximate surface area is 120 Å². The topological polar surface area (TPSA) is 57.6 Å². The van der Waals surface area contributed by atoms with Crippen LogP contribution in [-0.2, 0) is 4.74 Å². The molecule has 2 saturated heterocycles. The third-order valence-corrected chi connectivity index (χ3v) is 4.27. The van der Waals surface area contributed by atoms with Crippen LogP contribution in [0.4, 0.5) is 11.5 Å². The second kappa shape index (κ2) is 5.97. The highest BCUT2D eigenvalue weighted by Crippen LogP contribution is 2.28. The molecule has 0 aromatic carbocycles. The molecule has 2 atom stereocenters. The van der Waals surface area contributed by atoms with Crippen molar-refractivity contribution < 1.29 is 9.84 Å². The number of aromatic nitrogens is 1. The van der Waals surface area contributed by atoms with Gasteiger partial charge in [0.15, 0.2) is 5.82 Å². The van der Waals surface area contributed by atoms with E-state index in [0.717, 1.165) is 50.5 Å². The average Bonchev–Trinajstić information content (AvgIpc) is 2.86. The maximum atomic E-state index is 9.63. The standard InChI is InChI=1S/C15H23N3O2/c1-11-13(6-10-20-11)17-14-3-2-7-16-15(14)18-8-4-12(19)5-9-18/h2-3,7,11-13,17,19H,4-6,8-10H2,1H3. The second-order valence-electron chi connectivity index (χ2n) is 5.71. The van der Waals surface area contributed by atoms with Crippen LogP contribution in [0.2, 0.25) is 0 Å². The Kier molecular flexibility index (Phi) is 4.08. The van der Waals surface area contributed by atoms with Gasteiger partial charge in [0.05, 0.1) is 23.9 Å². The lowest BCUT2D eigenvalue weighted by molar-refractivity contribution is 0.121. The van der Waals surface area contributed by atoms with Crippen LogP contribution in [-0.4, -0.2) is 48.0 Å². The number of piperidine rings is 1. The molecule has 5 heteroatoms. The van der Waals surface area contributed by atoms with E-state index in [2.05, 4.69) is 28.2 Å². The molecule has 1 aromatic rings. The van der Waals surface area contributed by atoms with E-state index >= 15 is 0 Å². The van der Waals surface area contributed by atoms with Gasteiger partial charge >= 0.3 is 0 Å². The lowest BCUT2D eigenvalue weighted by Crippen LogP contribution is -2.37. The Morgan fingerprint density at radius 3 is 2.85 bits per heavy atom. The van der Waals surface area contributed by atoms with Crippen LogP contribution in [0.5, 0.6) is 0 Å². The monoisotopic (exact) mass is 277 g/mol. The molecule has 0 saturated carbocycles. The predicted octanol–water partition coefficient (Wildman–Crippen LogP) is 1.63. The molecule has 3 heterocycles. The first kappa shape index (κ1) is 13.6. The molecule has 0 radical (unpaired) electrons. The first-order valence-electron chi connectivity index (χ1n) is 7.50. The molecule has 0 aliphatic carbocycles. The van der Waals surface area contributed by atoms with E-state index in [-0.39, 0.29) is 12.2 Å². The summed E-state index contributed by atoms with van der Waals surface area (Å²) >= 11 is 0. The fourth-order valence-corrected chi connectivity index (χ4v) is 2.96. The number of anilines is 2. The quantitative estimate of drug-likeness (QED) is 0.879. The third-order valence-electron chi connectivity index (χ3n) is 4.27. The molecule has 2 aliphatic heterocycles. The molecule has 5 nitrogen and oxygen atoms in total. The summed E-state index contributed by atoms with van der Waals surface area (Å²) in [5.74, 6) is 0.999. The molecule has 0 bridgehead atoms. The highest BCUT2D eigenvalue weighted by atomic mass is 16.5. The number of hydrogen-bond donors (Lipinski definition) is 2. The van der Waals surface area contributed by atoms with Crippen molar-refractivity contribution in [2.24, 2.45) is 0 Å². The number of rotatable bonds is 3. The largest absolute Gasteiger partial charge is 0.393 e. The summed E-state index contributed by atoms with van der Waals surface area (Å²) in [5.41, 5.74) is 1.08. The summed E-state index contributed by atoms with van der Waals surface area (Å²) in [7, 11) is 0. The Morgan fingerprint density at radius 1 is 1.35 bits per heavy atom. The molecule has 2 N–H and O–H groups in total. The Bertz CT molecular complexity index is 446. The summed E-state index contributed by atoms with van der Waals surface area (Å²) in [6, 6.07) is 4.40. The van der Waals surface area contributed by atoms with E-state index in [1.165, 1.54) is 0 Å². The molecule has 2 unspecified atom stereocenters. The number of aliphatic hydroxyl groups excluding tert-OH is 1. The minimum absolute atomic E-state index is 0.158. The Morgan fingerprint density at radius 2 is 2.15 bits per heavy atom. The molecule has 2 aliphatic rings. The summed E-state index contributed by atoms with van der Waals surface area (Å²) in [4.78, 5) is 6.79. The van der Waals surface area contributed by atoms with Crippen LogP contribution < -0.4 is 10.2 Å². The van der Waals surface area contributed by atoms with E-state index in [1.54, 1.807) is 0 Å². The van der Waals surface area contributed by atoms with Gasteiger partial charge < -0.3 is 20.1 Å². The maximum Gasteiger partial charge on any atom is 0.151 e. The van der Waals surface area contributed by atoms with Crippen molar-refractivity contribution >= 4 is 11.5 Å². The zero-order valence-electron chi connectivity index (χ0n) is 12.0. The molecule has 0 spiro atoms. The van der Waals surface area contributed by atoms with Gasteiger partial charge in [0.2, 0.25) is 0 Å². The van der Waals surface area contributed by atoms with Crippen LogP contribution in [0.15, 0.2) is 18.3 Å². The van der Waals surface area contributed by atoms with Crippen LogP contribution in [0.3, 0.4) is 0 Å². The third kappa shape index (κ3) is 2.88. The van der Waals surface area contributed by atoms with Gasteiger partial charge in [-0.1, -0.05) is 0 Å². The van der Waals surface area contributed by atoms with Crippen LogP contribution in [0.1, 0.15) is 26.2 Å². The number of nitrogens with zero attached hydrogens (tertiary/aromatic N) is 2. The molecule has 0 amide bonds. The van der Waals surface area contributed by atoms with Crippen LogP contribution >= 0.6 is 0 Å². The van der Waals surface area contributed by atoms with Crippen LogP contribution in [0.25, 0.3) is 0 Å². The molecular formula is C15H23N3O2. The first-order valence-corrected chi connectivity index (χ1v) is 7.50. The fraction of sp³-hybridized carbons (Fsp3) is 0.667. The second-order valence-corrected chi connectivity index (χ2v) is 5.71. The normalized spacial score (nSPS) is 27.8. The highest BCUT2D eigenvalue weighted by molar-refractivity contribution is 5.66. The van der Waals surface area contributed by atoms with E-state index in [0.29, 0.717) is 6.04 Å². The molecule has 3 rings (SSSR count). The summed E-state index contributed by atoms with van der Waals surface area (Å²) in [5, 5.41) is 13.2. The van der Waals surface area contributed by atoms with Crippen molar-refractivity contribution in [1.82, 2.24) is 4.98 Å². The zero-order chi connectivity index (χ0) is 13.9. The minimum Gasteiger partial charge on any atom is -0.393 e. The molecule has 110 valence electrons. The van der Waals surface area contributed by atoms with Crippen molar-refractivity contribution in [3.05, 3.63) is 18.3 Å². The smallest absolute Gasteiger partial charge is 0.151 e. The zero-order valence-corrected chi connectivity index (χ0v) is 12.0. The van der Waals surface area contributed by atoms with Crippen molar-refractivity contribution in [3.8, 4) is 0 Å². The van der Waals surface area contributed by atoms with Gasteiger partial charge in [0.25, 0.3) is 0 Å². The predicted molar refractivity (Wildman–Crippen MR) is 79.1 cm³/mol. The summed E-state index contributed by atoms with van der Waals surface area (Å²) in [6.07, 6.45) is 4.59. The first-order chi connectivity index (χ1) is 9.74. The van der Waals surface area contributed by atoms with Gasteiger partial charge in [-0.25, -0.2) is 4.98 Å². The van der Waals surface area contributed by atoms with Crippen molar-refractivity contribution in [3.63, 3.8) is 0 Å². The Balaban J connectivity index is 1.74. The summed E-state index contributed by atoms with van der Waals surface area (Å²) < 4.78 is 5.61. The van der Waals surface area contributed by atoms with Gasteiger partial charge in [-0.3, -0.25) is 0 Å². The van der Waals surface area contributed by atoms with Gasteiger partial charge in [-0.2, -0.15) is 0 Å². The highest BCUT2D eigenvalue weighted by Gasteiger charge is 2.26. The molecule has 20 heavy (non-hydrogen) atoms. The maximum absolute atomic E-state index is 9.63. The van der Waals surface area contributed by atoms with Gasteiger partial charge in [-0.15, -0.1) is 0 Å². The Hall–Kier alpha value is -1.33. The molecule has 1 aromatic heterocycles. The minimum atomic E-state index is -0.158. The van der Waals surface area contributed by atoms with Crippen molar-refractivity contribution in [2.45, 2.75) is 44.4 Å². The molecular weight excluding hydrogens is 254 g/mol. The van der Waals surface area contributed by atoms with Crippen LogP contribution in [0, 0.1) is 0 Å². The number of nitrogens with one attached hydrogen (secondary N) is 1. The number of aliphatic hydroxyl groups is 1. The number of hydrogen-bond acceptors (Lipinski definition) is 5. The summed E-state index contributed by atoms with van der Waals surface area (Å²) in [6.45, 7) is 4.66. The van der Waals surface area contributed by atoms with E-state index < -0.39 is 0 Å². The van der Waals surface area contributed by atoms with E-state index in [1.807, 2.05) is 12.3 Å².